The van der Waals surface area contributed by atoms with E-state index in [0.29, 0.717) is 0 Å². The molecule has 19 heavy (non-hydrogen) atoms. The van der Waals surface area contributed by atoms with E-state index < -0.39 is 0 Å². The van der Waals surface area contributed by atoms with E-state index in [1.165, 1.54) is 11.1 Å². The fourth-order valence-electron chi connectivity index (χ4n) is 2.36. The highest BCUT2D eigenvalue weighted by Gasteiger charge is 2.20. The van der Waals surface area contributed by atoms with Crippen LogP contribution >= 0.6 is 0 Å². The van der Waals surface area contributed by atoms with Crippen LogP contribution in [-0.2, 0) is 18.3 Å². The van der Waals surface area contributed by atoms with Crippen molar-refractivity contribution in [2.45, 2.75) is 39.0 Å². The zero-order valence-electron chi connectivity index (χ0n) is 11.7. The molecule has 0 saturated carbocycles. The Morgan fingerprint density at radius 2 is 1.74 bits per heavy atom. The van der Waals surface area contributed by atoms with Crippen LogP contribution < -0.4 is 4.74 Å². The molecule has 98 valence electrons. The van der Waals surface area contributed by atoms with E-state index >= 15 is 0 Å². The van der Waals surface area contributed by atoms with Crippen molar-refractivity contribution in [2.75, 3.05) is 0 Å². The third-order valence-corrected chi connectivity index (χ3v) is 3.57. The summed E-state index contributed by atoms with van der Waals surface area (Å²) in [5.74, 6) is 1.94. The molecule has 0 saturated heterocycles. The van der Waals surface area contributed by atoms with Crippen LogP contribution in [0.2, 0.25) is 0 Å². The molecular weight excluding hydrogens is 234 g/mol. The number of ether oxygens (including phenoxy) is 1. The Balaban J connectivity index is 2.05. The van der Waals surface area contributed by atoms with Gasteiger partial charge in [0.05, 0.1) is 0 Å². The van der Waals surface area contributed by atoms with Crippen molar-refractivity contribution in [1.29, 1.82) is 0 Å². The Labute approximate surface area is 114 Å². The minimum absolute atomic E-state index is 0.0458. The molecule has 2 nitrogen and oxygen atoms in total. The van der Waals surface area contributed by atoms with E-state index in [0.717, 1.165) is 30.0 Å². The number of aryl methyl sites for hydroxylation is 2. The summed E-state index contributed by atoms with van der Waals surface area (Å²) < 4.78 is 6.10. The van der Waals surface area contributed by atoms with E-state index in [1.54, 1.807) is 0 Å². The summed E-state index contributed by atoms with van der Waals surface area (Å²) in [5.41, 5.74) is 3.59. The molecule has 0 N–H and O–H groups in total. The lowest BCUT2D eigenvalue weighted by Gasteiger charge is -2.19. The first kappa shape index (κ1) is 12.2. The molecule has 1 aromatic heterocycles. The predicted molar refractivity (Wildman–Crippen MR) is 76.9 cm³/mol. The number of rotatable bonds is 0. The van der Waals surface area contributed by atoms with Crippen LogP contribution in [0.15, 0.2) is 36.5 Å². The number of aromatic nitrogens is 1. The zero-order chi connectivity index (χ0) is 13.5. The first-order valence-corrected chi connectivity index (χ1v) is 6.79. The number of para-hydroxylation sites is 1. The average molecular weight is 253 g/mol. The Kier molecular flexibility index (Phi) is 2.81. The van der Waals surface area contributed by atoms with Crippen LogP contribution in [0.3, 0.4) is 0 Å². The molecule has 0 unspecified atom stereocenters. The van der Waals surface area contributed by atoms with Crippen LogP contribution in [0.25, 0.3) is 0 Å². The van der Waals surface area contributed by atoms with Gasteiger partial charge in [-0.25, -0.2) is 0 Å². The van der Waals surface area contributed by atoms with Crippen LogP contribution in [0.1, 0.15) is 37.6 Å². The summed E-state index contributed by atoms with van der Waals surface area (Å²) in [6, 6.07) is 10.4. The zero-order valence-corrected chi connectivity index (χ0v) is 11.7. The molecular formula is C17H19NO. The van der Waals surface area contributed by atoms with E-state index in [-0.39, 0.29) is 5.41 Å². The molecule has 1 aliphatic rings. The Bertz CT molecular complexity index is 611. The number of hydrogen-bond donors (Lipinski definition) is 0. The van der Waals surface area contributed by atoms with Gasteiger partial charge in [-0.3, -0.25) is 4.98 Å². The first-order chi connectivity index (χ1) is 9.04. The van der Waals surface area contributed by atoms with Crippen LogP contribution in [0.4, 0.5) is 0 Å². The Morgan fingerprint density at radius 3 is 2.53 bits per heavy atom. The largest absolute Gasteiger partial charge is 0.457 e. The SMILES string of the molecule is CC(C)(C)c1cc2c(cn1)CCc1ccccc1O2. The van der Waals surface area contributed by atoms with Gasteiger partial charge >= 0.3 is 0 Å². The summed E-state index contributed by atoms with van der Waals surface area (Å²) in [6.07, 6.45) is 3.98. The van der Waals surface area contributed by atoms with Crippen molar-refractivity contribution in [3.63, 3.8) is 0 Å². The van der Waals surface area contributed by atoms with Gasteiger partial charge in [-0.2, -0.15) is 0 Å². The fraction of sp³-hybridized carbons (Fsp3) is 0.353. The highest BCUT2D eigenvalue weighted by Crippen LogP contribution is 2.35. The third-order valence-electron chi connectivity index (χ3n) is 3.57. The lowest BCUT2D eigenvalue weighted by Crippen LogP contribution is -2.13. The Hall–Kier alpha value is -1.83. The van der Waals surface area contributed by atoms with Gasteiger partial charge in [0.1, 0.15) is 11.5 Å². The first-order valence-electron chi connectivity index (χ1n) is 6.79. The molecule has 2 heterocycles. The molecule has 0 amide bonds. The summed E-state index contributed by atoms with van der Waals surface area (Å²) >= 11 is 0. The molecule has 2 aromatic rings. The van der Waals surface area contributed by atoms with Crippen molar-refractivity contribution in [3.8, 4) is 11.5 Å². The van der Waals surface area contributed by atoms with Crippen molar-refractivity contribution < 1.29 is 4.74 Å². The van der Waals surface area contributed by atoms with E-state index in [2.05, 4.69) is 44.0 Å². The van der Waals surface area contributed by atoms with Gasteiger partial charge in [-0.05, 0) is 24.5 Å². The third kappa shape index (κ3) is 2.35. The van der Waals surface area contributed by atoms with Gasteiger partial charge in [-0.15, -0.1) is 0 Å². The molecule has 0 radical (unpaired) electrons. The molecule has 0 fully saturated rings. The summed E-state index contributed by atoms with van der Waals surface area (Å²) in [4.78, 5) is 4.59. The molecule has 0 bridgehead atoms. The van der Waals surface area contributed by atoms with E-state index in [9.17, 15) is 0 Å². The topological polar surface area (TPSA) is 22.1 Å². The highest BCUT2D eigenvalue weighted by molar-refractivity contribution is 5.45. The lowest BCUT2D eigenvalue weighted by molar-refractivity contribution is 0.472. The summed E-state index contributed by atoms with van der Waals surface area (Å²) in [7, 11) is 0. The van der Waals surface area contributed by atoms with Gasteiger partial charge in [0, 0.05) is 28.9 Å². The number of nitrogens with zero attached hydrogens (tertiary/aromatic N) is 1. The van der Waals surface area contributed by atoms with Gasteiger partial charge in [0.15, 0.2) is 0 Å². The number of hydrogen-bond acceptors (Lipinski definition) is 2. The Morgan fingerprint density at radius 1 is 1.00 bits per heavy atom. The van der Waals surface area contributed by atoms with Crippen molar-refractivity contribution in [1.82, 2.24) is 4.98 Å². The molecule has 2 heteroatoms. The average Bonchev–Trinajstić information content (AvgIpc) is 2.55. The molecule has 1 aliphatic heterocycles. The van der Waals surface area contributed by atoms with E-state index in [4.69, 9.17) is 4.74 Å². The number of fused-ring (bicyclic) bond motifs is 2. The van der Waals surface area contributed by atoms with Crippen LogP contribution in [0, 0.1) is 0 Å². The fourth-order valence-corrected chi connectivity index (χ4v) is 2.36. The minimum Gasteiger partial charge on any atom is -0.457 e. The highest BCUT2D eigenvalue weighted by atomic mass is 16.5. The van der Waals surface area contributed by atoms with Gasteiger partial charge in [0.2, 0.25) is 0 Å². The van der Waals surface area contributed by atoms with Crippen molar-refractivity contribution in [2.24, 2.45) is 0 Å². The number of benzene rings is 1. The maximum absolute atomic E-state index is 6.10. The second kappa shape index (κ2) is 4.37. The standard InChI is InChI=1S/C17H19NO/c1-17(2,3)16-10-15-13(11-18-16)9-8-12-6-4-5-7-14(12)19-15/h4-7,10-11H,8-9H2,1-3H3. The summed E-state index contributed by atoms with van der Waals surface area (Å²) in [5, 5.41) is 0. The summed E-state index contributed by atoms with van der Waals surface area (Å²) in [6.45, 7) is 6.52. The molecule has 3 rings (SSSR count). The minimum atomic E-state index is 0.0458. The molecule has 1 aromatic carbocycles. The number of pyridine rings is 1. The normalized spacial score (nSPS) is 14.1. The van der Waals surface area contributed by atoms with Gasteiger partial charge in [0.25, 0.3) is 0 Å². The monoisotopic (exact) mass is 253 g/mol. The maximum atomic E-state index is 6.10. The lowest BCUT2D eigenvalue weighted by atomic mass is 9.91. The molecule has 0 atom stereocenters. The maximum Gasteiger partial charge on any atom is 0.134 e. The molecule has 0 aliphatic carbocycles. The molecule has 0 spiro atoms. The van der Waals surface area contributed by atoms with Crippen LogP contribution in [-0.4, -0.2) is 4.98 Å². The second-order valence-electron chi connectivity index (χ2n) is 6.14. The predicted octanol–water partition coefficient (Wildman–Crippen LogP) is 4.27. The second-order valence-corrected chi connectivity index (χ2v) is 6.14. The van der Waals surface area contributed by atoms with E-state index in [1.807, 2.05) is 18.3 Å². The van der Waals surface area contributed by atoms with Gasteiger partial charge in [-0.1, -0.05) is 39.0 Å². The van der Waals surface area contributed by atoms with Crippen LogP contribution in [0.5, 0.6) is 11.5 Å². The van der Waals surface area contributed by atoms with Crippen molar-refractivity contribution in [3.05, 3.63) is 53.3 Å². The van der Waals surface area contributed by atoms with Gasteiger partial charge < -0.3 is 4.74 Å². The van der Waals surface area contributed by atoms with Crippen molar-refractivity contribution >= 4 is 0 Å². The quantitative estimate of drug-likeness (QED) is 0.699. The smallest absolute Gasteiger partial charge is 0.134 e.